The lowest BCUT2D eigenvalue weighted by Crippen LogP contribution is -2.14. The normalized spacial score (nSPS) is 14.3. The molecule has 0 bridgehead atoms. The summed E-state index contributed by atoms with van der Waals surface area (Å²) in [6.07, 6.45) is 2.56. The van der Waals surface area contributed by atoms with Crippen LogP contribution in [0.15, 0.2) is 42.5 Å². The van der Waals surface area contributed by atoms with Gasteiger partial charge in [0.1, 0.15) is 17.3 Å². The summed E-state index contributed by atoms with van der Waals surface area (Å²) in [7, 11) is 0. The quantitative estimate of drug-likeness (QED) is 0.874. The number of nitrogens with one attached hydrogen (secondary N) is 1. The molecule has 0 aromatic heterocycles. The predicted molar refractivity (Wildman–Crippen MR) is 77.8 cm³/mol. The second kappa shape index (κ2) is 5.81. The summed E-state index contributed by atoms with van der Waals surface area (Å²) in [6.45, 7) is 0.877. The molecule has 1 aliphatic carbocycles. The van der Waals surface area contributed by atoms with Crippen molar-refractivity contribution in [2.24, 2.45) is 0 Å². The fourth-order valence-corrected chi connectivity index (χ4v) is 2.12. The number of hydrogen-bond acceptors (Lipinski definition) is 2. The monoisotopic (exact) mass is 291 g/mol. The van der Waals surface area contributed by atoms with Gasteiger partial charge in [-0.05, 0) is 48.7 Å². The molecule has 1 aliphatic rings. The summed E-state index contributed by atoms with van der Waals surface area (Å²) in [5.74, 6) is 0.773. The number of ether oxygens (including phenoxy) is 1. The maximum Gasteiger partial charge on any atom is 0.146 e. The number of hydrogen-bond donors (Lipinski definition) is 1. The highest BCUT2D eigenvalue weighted by molar-refractivity contribution is 6.32. The van der Waals surface area contributed by atoms with Crippen LogP contribution in [-0.4, -0.2) is 6.04 Å². The lowest BCUT2D eigenvalue weighted by molar-refractivity contribution is 0.480. The molecule has 20 heavy (non-hydrogen) atoms. The van der Waals surface area contributed by atoms with Gasteiger partial charge < -0.3 is 10.1 Å². The third-order valence-corrected chi connectivity index (χ3v) is 3.51. The molecule has 0 unspecified atom stereocenters. The van der Waals surface area contributed by atoms with E-state index in [0.29, 0.717) is 17.5 Å². The molecule has 1 fully saturated rings. The molecule has 1 N–H and O–H groups in total. The summed E-state index contributed by atoms with van der Waals surface area (Å²) in [5, 5.41) is 3.72. The minimum Gasteiger partial charge on any atom is -0.456 e. The molecule has 0 amide bonds. The van der Waals surface area contributed by atoms with Crippen molar-refractivity contribution in [2.75, 3.05) is 0 Å². The average molecular weight is 292 g/mol. The van der Waals surface area contributed by atoms with Crippen molar-refractivity contribution in [3.8, 4) is 11.5 Å². The van der Waals surface area contributed by atoms with Gasteiger partial charge in [0.05, 0.1) is 5.02 Å². The molecule has 0 heterocycles. The van der Waals surface area contributed by atoms with Gasteiger partial charge in [0.25, 0.3) is 0 Å². The van der Waals surface area contributed by atoms with Crippen molar-refractivity contribution in [1.82, 2.24) is 5.32 Å². The summed E-state index contributed by atoms with van der Waals surface area (Å²) in [5.41, 5.74) is 1.22. The van der Waals surface area contributed by atoms with Gasteiger partial charge in [-0.1, -0.05) is 23.7 Å². The van der Waals surface area contributed by atoms with Crippen LogP contribution in [0.4, 0.5) is 4.39 Å². The van der Waals surface area contributed by atoms with Crippen LogP contribution in [0, 0.1) is 5.82 Å². The molecule has 3 rings (SSSR count). The first-order chi connectivity index (χ1) is 9.70. The van der Waals surface area contributed by atoms with E-state index in [9.17, 15) is 4.39 Å². The van der Waals surface area contributed by atoms with Crippen molar-refractivity contribution in [2.45, 2.75) is 25.4 Å². The largest absolute Gasteiger partial charge is 0.456 e. The smallest absolute Gasteiger partial charge is 0.146 e. The van der Waals surface area contributed by atoms with E-state index >= 15 is 0 Å². The van der Waals surface area contributed by atoms with Gasteiger partial charge in [0, 0.05) is 12.6 Å². The van der Waals surface area contributed by atoms with Crippen molar-refractivity contribution >= 4 is 11.6 Å². The third-order valence-electron chi connectivity index (χ3n) is 3.22. The Bertz CT molecular complexity index is 596. The Balaban J connectivity index is 1.64. The Morgan fingerprint density at radius 3 is 2.55 bits per heavy atom. The molecule has 0 aliphatic heterocycles. The molecule has 0 saturated heterocycles. The van der Waals surface area contributed by atoms with Crippen LogP contribution in [0.1, 0.15) is 18.4 Å². The Labute approximate surface area is 122 Å². The lowest BCUT2D eigenvalue weighted by atomic mass is 10.2. The van der Waals surface area contributed by atoms with E-state index in [1.807, 2.05) is 24.3 Å². The van der Waals surface area contributed by atoms with E-state index in [-0.39, 0.29) is 10.8 Å². The molecule has 2 nitrogen and oxygen atoms in total. The molecular formula is C16H15ClFNO. The first kappa shape index (κ1) is 13.4. The fourth-order valence-electron chi connectivity index (χ4n) is 1.91. The van der Waals surface area contributed by atoms with Crippen molar-refractivity contribution in [3.63, 3.8) is 0 Å². The van der Waals surface area contributed by atoms with E-state index in [1.54, 1.807) is 0 Å². The van der Waals surface area contributed by atoms with Crippen molar-refractivity contribution in [1.29, 1.82) is 0 Å². The zero-order chi connectivity index (χ0) is 13.9. The molecule has 2 aromatic rings. The van der Waals surface area contributed by atoms with Crippen molar-refractivity contribution < 1.29 is 9.13 Å². The fraction of sp³-hybridized carbons (Fsp3) is 0.250. The van der Waals surface area contributed by atoms with Gasteiger partial charge >= 0.3 is 0 Å². The second-order valence-electron chi connectivity index (χ2n) is 4.98. The van der Waals surface area contributed by atoms with Gasteiger partial charge in [0.15, 0.2) is 0 Å². The van der Waals surface area contributed by atoms with E-state index < -0.39 is 0 Å². The topological polar surface area (TPSA) is 21.3 Å². The lowest BCUT2D eigenvalue weighted by Gasteiger charge is -2.09. The van der Waals surface area contributed by atoms with Crippen LogP contribution in [0.3, 0.4) is 0 Å². The van der Waals surface area contributed by atoms with E-state index in [4.69, 9.17) is 16.3 Å². The van der Waals surface area contributed by atoms with Gasteiger partial charge in [-0.15, -0.1) is 0 Å². The van der Waals surface area contributed by atoms with Crippen LogP contribution in [-0.2, 0) is 6.54 Å². The molecule has 1 saturated carbocycles. The molecule has 2 aromatic carbocycles. The van der Waals surface area contributed by atoms with Gasteiger partial charge in [-0.3, -0.25) is 0 Å². The zero-order valence-electron chi connectivity index (χ0n) is 10.9. The van der Waals surface area contributed by atoms with E-state index in [2.05, 4.69) is 5.32 Å². The molecular weight excluding hydrogens is 277 g/mol. The maximum absolute atomic E-state index is 12.9. The molecule has 0 spiro atoms. The third kappa shape index (κ3) is 3.50. The van der Waals surface area contributed by atoms with Gasteiger partial charge in [0.2, 0.25) is 0 Å². The highest BCUT2D eigenvalue weighted by Gasteiger charge is 2.19. The zero-order valence-corrected chi connectivity index (χ0v) is 11.7. The first-order valence-electron chi connectivity index (χ1n) is 6.66. The van der Waals surface area contributed by atoms with Crippen LogP contribution in [0.5, 0.6) is 11.5 Å². The molecule has 0 atom stereocenters. The molecule has 104 valence electrons. The SMILES string of the molecule is Fc1ccc(Oc2ccc(CNC3CC3)cc2)c(Cl)c1. The molecule has 4 heteroatoms. The standard InChI is InChI=1S/C16H15ClFNO/c17-15-9-12(18)3-8-16(15)20-14-6-1-11(2-7-14)10-19-13-4-5-13/h1-3,6-9,13,19H,4-5,10H2. The van der Waals surface area contributed by atoms with E-state index in [0.717, 1.165) is 6.54 Å². The average Bonchev–Trinajstić information content (AvgIpc) is 3.25. The predicted octanol–water partition coefficient (Wildman–Crippen LogP) is 4.52. The second-order valence-corrected chi connectivity index (χ2v) is 5.38. The summed E-state index contributed by atoms with van der Waals surface area (Å²) in [6, 6.07) is 12.6. The highest BCUT2D eigenvalue weighted by Crippen LogP contribution is 2.30. The number of benzene rings is 2. The summed E-state index contributed by atoms with van der Waals surface area (Å²) >= 11 is 5.93. The Kier molecular flexibility index (Phi) is 3.90. The number of rotatable bonds is 5. The Morgan fingerprint density at radius 1 is 1.15 bits per heavy atom. The summed E-state index contributed by atoms with van der Waals surface area (Å²) < 4.78 is 18.6. The maximum atomic E-state index is 12.9. The number of halogens is 2. The first-order valence-corrected chi connectivity index (χ1v) is 7.04. The highest BCUT2D eigenvalue weighted by atomic mass is 35.5. The Morgan fingerprint density at radius 2 is 1.90 bits per heavy atom. The summed E-state index contributed by atoms with van der Waals surface area (Å²) in [4.78, 5) is 0. The van der Waals surface area contributed by atoms with Crippen LogP contribution < -0.4 is 10.1 Å². The van der Waals surface area contributed by atoms with Crippen LogP contribution >= 0.6 is 11.6 Å². The van der Waals surface area contributed by atoms with Gasteiger partial charge in [-0.2, -0.15) is 0 Å². The van der Waals surface area contributed by atoms with Crippen molar-refractivity contribution in [3.05, 3.63) is 58.9 Å². The molecule has 0 radical (unpaired) electrons. The van der Waals surface area contributed by atoms with Gasteiger partial charge in [-0.25, -0.2) is 4.39 Å². The minimum atomic E-state index is -0.371. The van der Waals surface area contributed by atoms with Crippen LogP contribution in [0.25, 0.3) is 0 Å². The van der Waals surface area contributed by atoms with Crippen LogP contribution in [0.2, 0.25) is 5.02 Å². The van der Waals surface area contributed by atoms with E-state index in [1.165, 1.54) is 36.6 Å². The Hall–Kier alpha value is -1.58. The minimum absolute atomic E-state index is 0.268.